The van der Waals surface area contributed by atoms with Gasteiger partial charge in [-0.15, -0.1) is 11.3 Å². The summed E-state index contributed by atoms with van der Waals surface area (Å²) in [5.41, 5.74) is 2.54. The van der Waals surface area contributed by atoms with Gasteiger partial charge < -0.3 is 4.90 Å². The largest absolute Gasteiger partial charge is 0.338 e. The maximum absolute atomic E-state index is 13.5. The van der Waals surface area contributed by atoms with Crippen LogP contribution in [0.2, 0.25) is 0 Å². The number of rotatable bonds is 4. The van der Waals surface area contributed by atoms with Gasteiger partial charge in [0.25, 0.3) is 10.6 Å². The highest BCUT2D eigenvalue weighted by molar-refractivity contribution is 8.03. The second-order valence-electron chi connectivity index (χ2n) is 9.78. The Morgan fingerprint density at radius 3 is 2.35 bits per heavy atom. The first-order valence-corrected chi connectivity index (χ1v) is 15.9. The summed E-state index contributed by atoms with van der Waals surface area (Å²) in [5.74, 6) is 0. The molecule has 6 aromatic rings. The molecule has 0 radical (unpaired) electrons. The van der Waals surface area contributed by atoms with E-state index in [0.717, 1.165) is 25.8 Å². The van der Waals surface area contributed by atoms with Crippen molar-refractivity contribution in [3.8, 4) is 0 Å². The SMILES string of the molecule is CCn1c(=O)/c(=C\C=C2/Sc3ccc4ccccc4c3N2C)s/c1=C/c1sc2c3ccccc3ccc2[n+]1CC. The highest BCUT2D eigenvalue weighted by Gasteiger charge is 2.24. The minimum absolute atomic E-state index is 0.0684. The average molecular weight is 579 g/mol. The van der Waals surface area contributed by atoms with Crippen molar-refractivity contribution < 1.29 is 4.57 Å². The van der Waals surface area contributed by atoms with Crippen LogP contribution in [-0.2, 0) is 13.1 Å². The molecule has 4 aromatic carbocycles. The van der Waals surface area contributed by atoms with Gasteiger partial charge in [0.15, 0.2) is 0 Å². The molecule has 0 amide bonds. The molecule has 2 aromatic heterocycles. The molecule has 0 atom stereocenters. The van der Waals surface area contributed by atoms with Crippen molar-refractivity contribution in [2.45, 2.75) is 31.8 Å². The zero-order valence-corrected chi connectivity index (χ0v) is 25.0. The summed E-state index contributed by atoms with van der Waals surface area (Å²) in [6.07, 6.45) is 6.28. The maximum atomic E-state index is 13.5. The zero-order valence-electron chi connectivity index (χ0n) is 22.5. The minimum Gasteiger partial charge on any atom is -0.338 e. The van der Waals surface area contributed by atoms with Gasteiger partial charge in [0.05, 0.1) is 21.3 Å². The highest BCUT2D eigenvalue weighted by atomic mass is 32.2. The number of nitrogens with zero attached hydrogens (tertiary/aromatic N) is 3. The van der Waals surface area contributed by atoms with Gasteiger partial charge in [-0.1, -0.05) is 77.7 Å². The fraction of sp³-hybridized carbons (Fsp3) is 0.152. The summed E-state index contributed by atoms with van der Waals surface area (Å²) in [6, 6.07) is 25.9. The van der Waals surface area contributed by atoms with Gasteiger partial charge in [0.1, 0.15) is 15.9 Å². The van der Waals surface area contributed by atoms with Crippen LogP contribution in [0.15, 0.2) is 93.6 Å². The molecule has 0 unspecified atom stereocenters. The molecule has 3 heterocycles. The number of hydrogen-bond acceptors (Lipinski definition) is 5. The van der Waals surface area contributed by atoms with Crippen LogP contribution in [-0.4, -0.2) is 11.6 Å². The molecule has 0 spiro atoms. The van der Waals surface area contributed by atoms with Gasteiger partial charge in [0, 0.05) is 35.3 Å². The molecule has 0 bridgehead atoms. The Bertz CT molecular complexity index is 2170. The number of allylic oxidation sites excluding steroid dienone is 1. The van der Waals surface area contributed by atoms with Crippen molar-refractivity contribution >= 4 is 84.0 Å². The molecular weight excluding hydrogens is 551 g/mol. The van der Waals surface area contributed by atoms with E-state index in [4.69, 9.17) is 0 Å². The molecule has 7 rings (SSSR count). The van der Waals surface area contributed by atoms with Crippen LogP contribution in [0.5, 0.6) is 0 Å². The Balaban J connectivity index is 1.33. The van der Waals surface area contributed by atoms with Crippen molar-refractivity contribution in [1.82, 2.24) is 4.57 Å². The molecule has 40 heavy (non-hydrogen) atoms. The van der Waals surface area contributed by atoms with E-state index >= 15 is 0 Å². The third-order valence-electron chi connectivity index (χ3n) is 7.56. The van der Waals surface area contributed by atoms with Gasteiger partial charge in [-0.25, -0.2) is 0 Å². The molecule has 198 valence electrons. The maximum Gasteiger partial charge on any atom is 0.269 e. The van der Waals surface area contributed by atoms with Crippen molar-refractivity contribution in [3.05, 3.63) is 108 Å². The van der Waals surface area contributed by atoms with E-state index in [0.29, 0.717) is 6.54 Å². The molecule has 0 fully saturated rings. The molecule has 4 nitrogen and oxygen atoms in total. The van der Waals surface area contributed by atoms with E-state index < -0.39 is 0 Å². The summed E-state index contributed by atoms with van der Waals surface area (Å²) < 4.78 is 7.28. The first-order valence-electron chi connectivity index (χ1n) is 13.5. The van der Waals surface area contributed by atoms with Gasteiger partial charge in [-0.2, -0.15) is 4.57 Å². The lowest BCUT2D eigenvalue weighted by Crippen LogP contribution is -2.35. The third kappa shape index (κ3) is 4.03. The average Bonchev–Trinajstić information content (AvgIpc) is 3.61. The molecule has 0 aliphatic carbocycles. The van der Waals surface area contributed by atoms with Crippen LogP contribution in [0, 0.1) is 0 Å². The monoisotopic (exact) mass is 578 g/mol. The number of aryl methyl sites for hydroxylation is 1. The zero-order chi connectivity index (χ0) is 27.4. The second-order valence-corrected chi connectivity index (χ2v) is 12.9. The van der Waals surface area contributed by atoms with Crippen molar-refractivity contribution in [2.75, 3.05) is 11.9 Å². The molecule has 0 saturated heterocycles. The van der Waals surface area contributed by atoms with E-state index in [1.807, 2.05) is 17.6 Å². The molecule has 0 saturated carbocycles. The van der Waals surface area contributed by atoms with Gasteiger partial charge in [-0.3, -0.25) is 9.36 Å². The number of fused-ring (bicyclic) bond motifs is 6. The Morgan fingerprint density at radius 1 is 0.850 bits per heavy atom. The first kappa shape index (κ1) is 25.3. The quantitative estimate of drug-likeness (QED) is 0.225. The summed E-state index contributed by atoms with van der Waals surface area (Å²) in [7, 11) is 2.11. The fourth-order valence-electron chi connectivity index (χ4n) is 5.57. The molecule has 1 aliphatic rings. The summed E-state index contributed by atoms with van der Waals surface area (Å²) in [5, 5.41) is 7.30. The third-order valence-corrected chi connectivity index (χ3v) is 11.0. The summed E-state index contributed by atoms with van der Waals surface area (Å²) >= 11 is 5.13. The molecule has 1 aliphatic heterocycles. The Labute approximate surface area is 244 Å². The van der Waals surface area contributed by atoms with Gasteiger partial charge in [-0.05, 0) is 48.9 Å². The van der Waals surface area contributed by atoms with Crippen molar-refractivity contribution in [3.63, 3.8) is 0 Å². The lowest BCUT2D eigenvalue weighted by atomic mass is 10.1. The van der Waals surface area contributed by atoms with E-state index in [1.165, 1.54) is 42.3 Å². The Kier molecular flexibility index (Phi) is 6.38. The number of aromatic nitrogens is 2. The Hall–Kier alpha value is -3.65. The van der Waals surface area contributed by atoms with E-state index in [9.17, 15) is 4.79 Å². The lowest BCUT2D eigenvalue weighted by molar-refractivity contribution is -0.665. The van der Waals surface area contributed by atoms with Crippen LogP contribution in [0.3, 0.4) is 0 Å². The standard InChI is InChI=1S/C33H28N3OS3/c1-4-35-25-16-14-22-11-7-9-13-24(22)32(25)40-29(35)20-30-36(5-2)33(37)27(39-30)18-19-28-34(3)31-23-12-8-6-10-21(23)15-17-26(31)38-28/h6-20H,4-5H2,1-3H3/q+1/b27-18+,28-19-. The predicted octanol–water partition coefficient (Wildman–Crippen LogP) is 6.45. The van der Waals surface area contributed by atoms with Gasteiger partial charge >= 0.3 is 0 Å². The molecular formula is C33H28N3OS3+. The molecule has 0 N–H and O–H groups in total. The molecule has 7 heteroatoms. The number of hydrogen-bond donors (Lipinski definition) is 0. The fourth-order valence-corrected chi connectivity index (χ4v) is 9.06. The van der Waals surface area contributed by atoms with Crippen LogP contribution in [0.1, 0.15) is 18.9 Å². The minimum atomic E-state index is 0.0684. The van der Waals surface area contributed by atoms with Crippen LogP contribution in [0.25, 0.3) is 43.9 Å². The number of benzene rings is 4. The first-order chi connectivity index (χ1) is 19.6. The van der Waals surface area contributed by atoms with E-state index in [1.54, 1.807) is 34.4 Å². The van der Waals surface area contributed by atoms with E-state index in [-0.39, 0.29) is 5.56 Å². The second kappa shape index (κ2) is 10.1. The van der Waals surface area contributed by atoms with Crippen LogP contribution in [0.4, 0.5) is 5.69 Å². The highest BCUT2D eigenvalue weighted by Crippen LogP contribution is 2.48. The van der Waals surface area contributed by atoms with Crippen LogP contribution < -0.4 is 24.2 Å². The summed E-state index contributed by atoms with van der Waals surface area (Å²) in [6.45, 7) is 5.73. The normalized spacial score (nSPS) is 15.4. The lowest BCUT2D eigenvalue weighted by Gasteiger charge is -2.15. The van der Waals surface area contributed by atoms with Crippen molar-refractivity contribution in [2.24, 2.45) is 0 Å². The number of thioether (sulfide) groups is 1. The topological polar surface area (TPSA) is 29.1 Å². The predicted molar refractivity (Wildman–Crippen MR) is 173 cm³/mol. The number of anilines is 1. The number of thiazole rings is 2. The smallest absolute Gasteiger partial charge is 0.269 e. The van der Waals surface area contributed by atoms with Crippen LogP contribution >= 0.6 is 34.4 Å². The van der Waals surface area contributed by atoms with E-state index in [2.05, 4.69) is 108 Å². The van der Waals surface area contributed by atoms with Gasteiger partial charge in [0.2, 0.25) is 5.52 Å². The van der Waals surface area contributed by atoms with Crippen molar-refractivity contribution in [1.29, 1.82) is 0 Å². The Morgan fingerprint density at radius 2 is 1.57 bits per heavy atom. The summed E-state index contributed by atoms with van der Waals surface area (Å²) in [4.78, 5) is 16.9.